The summed E-state index contributed by atoms with van der Waals surface area (Å²) in [4.78, 5) is 33.9. The number of carbonyl (C=O) groups is 2. The third kappa shape index (κ3) is 4.18. The molecule has 10 nitrogen and oxygen atoms in total. The van der Waals surface area contributed by atoms with E-state index >= 15 is 0 Å². The van der Waals surface area contributed by atoms with Gasteiger partial charge in [-0.05, 0) is 38.8 Å². The van der Waals surface area contributed by atoms with Crippen molar-refractivity contribution in [2.45, 2.75) is 39.2 Å². The van der Waals surface area contributed by atoms with Gasteiger partial charge in [0.1, 0.15) is 11.5 Å². The van der Waals surface area contributed by atoms with E-state index in [1.165, 1.54) is 11.3 Å². The molecular formula is C23H25N7O3S. The Morgan fingerprint density at radius 2 is 2.03 bits per heavy atom. The van der Waals surface area contributed by atoms with Gasteiger partial charge in [0.2, 0.25) is 0 Å². The zero-order chi connectivity index (χ0) is 23.8. The molecule has 0 unspecified atom stereocenters. The molecule has 0 aromatic carbocycles. The van der Waals surface area contributed by atoms with E-state index in [2.05, 4.69) is 20.3 Å². The highest BCUT2D eigenvalue weighted by molar-refractivity contribution is 7.09. The number of aromatic nitrogens is 5. The van der Waals surface area contributed by atoms with Gasteiger partial charge in [-0.2, -0.15) is 5.10 Å². The van der Waals surface area contributed by atoms with Gasteiger partial charge in [-0.25, -0.2) is 9.50 Å². The molecular weight excluding hydrogens is 454 g/mol. The Hall–Kier alpha value is -3.60. The van der Waals surface area contributed by atoms with Crippen LogP contribution in [0.4, 0.5) is 0 Å². The molecule has 1 aliphatic heterocycles. The number of aryl methyl sites for hydroxylation is 2. The molecule has 4 aromatic rings. The molecule has 4 aromatic heterocycles. The van der Waals surface area contributed by atoms with E-state index in [-0.39, 0.29) is 17.7 Å². The zero-order valence-electron chi connectivity index (χ0n) is 19.3. The van der Waals surface area contributed by atoms with Crippen molar-refractivity contribution in [3.63, 3.8) is 0 Å². The van der Waals surface area contributed by atoms with Crippen LogP contribution >= 0.6 is 11.3 Å². The van der Waals surface area contributed by atoms with Crippen LogP contribution < -0.4 is 0 Å². The van der Waals surface area contributed by atoms with Crippen molar-refractivity contribution in [3.8, 4) is 0 Å². The topological polar surface area (TPSA) is 110 Å². The number of amides is 2. The normalized spacial score (nSPS) is 14.6. The highest BCUT2D eigenvalue weighted by atomic mass is 32.1. The number of thiazole rings is 1. The first-order valence-electron chi connectivity index (χ1n) is 11.1. The maximum Gasteiger partial charge on any atom is 0.276 e. The maximum absolute atomic E-state index is 13.1. The lowest BCUT2D eigenvalue weighted by atomic mass is 9.97. The van der Waals surface area contributed by atoms with Crippen molar-refractivity contribution in [1.82, 2.24) is 34.6 Å². The van der Waals surface area contributed by atoms with E-state index in [9.17, 15) is 9.59 Å². The average molecular weight is 480 g/mol. The van der Waals surface area contributed by atoms with Gasteiger partial charge in [0.05, 0.1) is 29.2 Å². The maximum atomic E-state index is 13.1. The lowest BCUT2D eigenvalue weighted by Crippen LogP contribution is -2.39. The molecule has 0 atom stereocenters. The molecule has 176 valence electrons. The monoisotopic (exact) mass is 479 g/mol. The number of piperidine rings is 1. The van der Waals surface area contributed by atoms with Gasteiger partial charge in [0.25, 0.3) is 11.8 Å². The molecule has 0 radical (unpaired) electrons. The molecule has 1 saturated heterocycles. The first-order valence-corrected chi connectivity index (χ1v) is 12.0. The van der Waals surface area contributed by atoms with Crippen molar-refractivity contribution in [1.29, 1.82) is 0 Å². The van der Waals surface area contributed by atoms with Gasteiger partial charge < -0.3 is 14.2 Å². The Morgan fingerprint density at radius 1 is 1.24 bits per heavy atom. The van der Waals surface area contributed by atoms with Gasteiger partial charge >= 0.3 is 0 Å². The quantitative estimate of drug-likeness (QED) is 0.433. The summed E-state index contributed by atoms with van der Waals surface area (Å²) in [6.07, 6.45) is 3.16. The number of hydrogen-bond acceptors (Lipinski definition) is 8. The molecule has 0 N–H and O–H groups in total. The van der Waals surface area contributed by atoms with E-state index < -0.39 is 0 Å². The Morgan fingerprint density at radius 3 is 2.76 bits per heavy atom. The minimum Gasteiger partial charge on any atom is -0.467 e. The van der Waals surface area contributed by atoms with E-state index in [1.807, 2.05) is 36.3 Å². The fraction of sp³-hybridized carbons (Fsp3) is 0.391. The van der Waals surface area contributed by atoms with Crippen LogP contribution in [0.15, 0.2) is 34.3 Å². The van der Waals surface area contributed by atoms with Gasteiger partial charge in [0.15, 0.2) is 11.3 Å². The first kappa shape index (κ1) is 22.2. The van der Waals surface area contributed by atoms with Crippen LogP contribution in [0.25, 0.3) is 5.65 Å². The fourth-order valence-electron chi connectivity index (χ4n) is 4.23. The van der Waals surface area contributed by atoms with Gasteiger partial charge in [-0.1, -0.05) is 0 Å². The Bertz CT molecular complexity index is 1340. The molecule has 1 aliphatic rings. The second kappa shape index (κ2) is 8.98. The minimum absolute atomic E-state index is 0.131. The predicted molar refractivity (Wildman–Crippen MR) is 125 cm³/mol. The van der Waals surface area contributed by atoms with Crippen LogP contribution in [-0.4, -0.2) is 66.5 Å². The van der Waals surface area contributed by atoms with Crippen molar-refractivity contribution < 1.29 is 14.0 Å². The number of hydrogen-bond donors (Lipinski definition) is 0. The van der Waals surface area contributed by atoms with E-state index in [0.717, 1.165) is 29.3 Å². The second-order valence-corrected chi connectivity index (χ2v) is 9.46. The van der Waals surface area contributed by atoms with Gasteiger partial charge in [-0.15, -0.1) is 21.5 Å². The van der Waals surface area contributed by atoms with Crippen LogP contribution in [0.5, 0.6) is 0 Å². The highest BCUT2D eigenvalue weighted by Crippen LogP contribution is 2.31. The number of likely N-dealkylation sites (tertiary alicyclic amines) is 1. The molecule has 0 bridgehead atoms. The number of rotatable bonds is 5. The molecule has 5 rings (SSSR count). The minimum atomic E-state index is -0.134. The lowest BCUT2D eigenvalue weighted by Gasteiger charge is -2.31. The van der Waals surface area contributed by atoms with Crippen molar-refractivity contribution in [2.75, 3.05) is 20.1 Å². The van der Waals surface area contributed by atoms with Crippen molar-refractivity contribution >= 4 is 28.8 Å². The SMILES string of the molecule is Cc1cc2nnc(C(=O)N3CCC(c4nc(C(=O)N(C)Cc5ccco5)cs4)CC3)c(C)n2n1. The van der Waals surface area contributed by atoms with E-state index in [4.69, 9.17) is 4.42 Å². The number of fused-ring (bicyclic) bond motifs is 1. The van der Waals surface area contributed by atoms with Gasteiger partial charge in [-0.3, -0.25) is 9.59 Å². The van der Waals surface area contributed by atoms with Gasteiger partial charge in [0, 0.05) is 37.5 Å². The Balaban J connectivity index is 1.22. The van der Waals surface area contributed by atoms with E-state index in [0.29, 0.717) is 42.4 Å². The Labute approximate surface area is 200 Å². The summed E-state index contributed by atoms with van der Waals surface area (Å²) in [5.74, 6) is 0.678. The molecule has 0 aliphatic carbocycles. The van der Waals surface area contributed by atoms with Crippen LogP contribution in [0.2, 0.25) is 0 Å². The fourth-order valence-corrected chi connectivity index (χ4v) is 5.20. The van der Waals surface area contributed by atoms with Crippen molar-refractivity contribution in [3.05, 3.63) is 63.4 Å². The summed E-state index contributed by atoms with van der Waals surface area (Å²) in [5.41, 5.74) is 2.93. The standard InChI is InChI=1S/C23H25N7O3S/c1-14-11-19-25-26-20(15(2)30(19)27-14)23(32)29-8-6-16(7-9-29)21-24-18(13-34-21)22(31)28(3)12-17-5-4-10-33-17/h4-5,10-11,13,16H,6-9,12H2,1-3H3. The first-order chi connectivity index (χ1) is 16.4. The average Bonchev–Trinajstić information content (AvgIpc) is 3.59. The summed E-state index contributed by atoms with van der Waals surface area (Å²) in [5, 5.41) is 15.5. The van der Waals surface area contributed by atoms with Crippen LogP contribution in [0.1, 0.15) is 61.9 Å². The molecule has 1 fully saturated rings. The van der Waals surface area contributed by atoms with Crippen molar-refractivity contribution in [2.24, 2.45) is 0 Å². The van der Waals surface area contributed by atoms with E-state index in [1.54, 1.807) is 28.8 Å². The molecule has 0 spiro atoms. The summed E-state index contributed by atoms with van der Waals surface area (Å²) in [6, 6.07) is 5.48. The summed E-state index contributed by atoms with van der Waals surface area (Å²) in [6.45, 7) is 5.32. The summed E-state index contributed by atoms with van der Waals surface area (Å²) >= 11 is 1.50. The largest absolute Gasteiger partial charge is 0.467 e. The molecule has 5 heterocycles. The number of carbonyl (C=O) groups excluding carboxylic acids is 2. The molecule has 34 heavy (non-hydrogen) atoms. The zero-order valence-corrected chi connectivity index (χ0v) is 20.1. The number of nitrogens with zero attached hydrogens (tertiary/aromatic N) is 7. The molecule has 11 heteroatoms. The van der Waals surface area contributed by atoms with Crippen LogP contribution in [-0.2, 0) is 6.54 Å². The third-order valence-electron chi connectivity index (χ3n) is 6.12. The lowest BCUT2D eigenvalue weighted by molar-refractivity contribution is 0.0704. The second-order valence-electron chi connectivity index (χ2n) is 8.57. The Kier molecular flexibility index (Phi) is 5.86. The number of furan rings is 1. The molecule has 0 saturated carbocycles. The molecule has 2 amide bonds. The summed E-state index contributed by atoms with van der Waals surface area (Å²) < 4.78 is 6.99. The predicted octanol–water partition coefficient (Wildman–Crippen LogP) is 3.08. The van der Waals surface area contributed by atoms with Crippen LogP contribution in [0.3, 0.4) is 0 Å². The summed E-state index contributed by atoms with van der Waals surface area (Å²) in [7, 11) is 1.74. The smallest absolute Gasteiger partial charge is 0.276 e. The third-order valence-corrected chi connectivity index (χ3v) is 7.13. The van der Waals surface area contributed by atoms with Crippen LogP contribution in [0, 0.1) is 13.8 Å². The highest BCUT2D eigenvalue weighted by Gasteiger charge is 2.29.